The van der Waals surface area contributed by atoms with Gasteiger partial charge in [-0.2, -0.15) is 0 Å². The van der Waals surface area contributed by atoms with Gasteiger partial charge in [0.1, 0.15) is 5.82 Å². The summed E-state index contributed by atoms with van der Waals surface area (Å²) in [7, 11) is 0. The van der Waals surface area contributed by atoms with Crippen molar-refractivity contribution in [1.29, 1.82) is 0 Å². The topological polar surface area (TPSA) is 62.3 Å². The number of likely N-dealkylation sites (tertiary alicyclic amines) is 1. The lowest BCUT2D eigenvalue weighted by atomic mass is 10.1. The first-order valence-electron chi connectivity index (χ1n) is 8.26. The van der Waals surface area contributed by atoms with Crippen molar-refractivity contribution in [2.24, 2.45) is 0 Å². The van der Waals surface area contributed by atoms with Crippen LogP contribution in [0.25, 0.3) is 0 Å². The van der Waals surface area contributed by atoms with E-state index in [1.165, 1.54) is 18.3 Å². The Hall–Kier alpha value is -2.76. The molecule has 0 unspecified atom stereocenters. The van der Waals surface area contributed by atoms with Gasteiger partial charge in [-0.15, -0.1) is 0 Å². The highest BCUT2D eigenvalue weighted by atomic mass is 19.1. The third kappa shape index (κ3) is 4.21. The number of amides is 2. The number of aromatic nitrogens is 1. The van der Waals surface area contributed by atoms with E-state index in [9.17, 15) is 14.0 Å². The Balaban J connectivity index is 1.54. The minimum Gasteiger partial charge on any atom is -0.347 e. The molecule has 1 atom stereocenters. The van der Waals surface area contributed by atoms with Crippen LogP contribution in [0.2, 0.25) is 0 Å². The Morgan fingerprint density at radius 2 is 2.08 bits per heavy atom. The monoisotopic (exact) mass is 341 g/mol. The Bertz CT molecular complexity index is 776. The van der Waals surface area contributed by atoms with E-state index in [0.717, 1.165) is 11.1 Å². The number of nitrogens with zero attached hydrogens (tertiary/aromatic N) is 2. The van der Waals surface area contributed by atoms with Gasteiger partial charge in [0, 0.05) is 31.9 Å². The summed E-state index contributed by atoms with van der Waals surface area (Å²) in [4.78, 5) is 30.2. The van der Waals surface area contributed by atoms with Crippen molar-refractivity contribution in [3.63, 3.8) is 0 Å². The summed E-state index contributed by atoms with van der Waals surface area (Å²) in [5.74, 6) is -0.450. The largest absolute Gasteiger partial charge is 0.347 e. The third-order valence-electron chi connectivity index (χ3n) is 4.42. The fourth-order valence-corrected chi connectivity index (χ4v) is 2.96. The molecule has 2 amide bonds. The molecule has 130 valence electrons. The van der Waals surface area contributed by atoms with Crippen molar-refractivity contribution in [1.82, 2.24) is 15.2 Å². The summed E-state index contributed by atoms with van der Waals surface area (Å²) < 4.78 is 12.9. The molecule has 1 fully saturated rings. The van der Waals surface area contributed by atoms with Crippen LogP contribution in [0.1, 0.15) is 27.9 Å². The summed E-state index contributed by atoms with van der Waals surface area (Å²) in [6.07, 6.45) is 4.14. The second kappa shape index (κ2) is 7.42. The van der Waals surface area contributed by atoms with Gasteiger partial charge in [0.2, 0.25) is 5.91 Å². The third-order valence-corrected chi connectivity index (χ3v) is 4.42. The second-order valence-electron chi connectivity index (χ2n) is 6.28. The van der Waals surface area contributed by atoms with Crippen molar-refractivity contribution >= 4 is 11.8 Å². The highest BCUT2D eigenvalue weighted by Crippen LogP contribution is 2.14. The van der Waals surface area contributed by atoms with Crippen molar-refractivity contribution < 1.29 is 14.0 Å². The molecule has 6 heteroatoms. The average Bonchev–Trinajstić information content (AvgIpc) is 2.94. The number of carbonyl (C=O) groups excluding carboxylic acids is 2. The van der Waals surface area contributed by atoms with Crippen LogP contribution in [0.4, 0.5) is 4.39 Å². The zero-order chi connectivity index (χ0) is 17.8. The molecule has 1 N–H and O–H groups in total. The molecule has 0 saturated carbocycles. The van der Waals surface area contributed by atoms with Gasteiger partial charge in [-0.1, -0.05) is 12.1 Å². The van der Waals surface area contributed by atoms with Crippen LogP contribution in [-0.4, -0.2) is 40.8 Å². The summed E-state index contributed by atoms with van der Waals surface area (Å²) >= 11 is 0. The summed E-state index contributed by atoms with van der Waals surface area (Å²) in [5.41, 5.74) is 2.36. The van der Waals surface area contributed by atoms with Gasteiger partial charge in [-0.3, -0.25) is 14.6 Å². The van der Waals surface area contributed by atoms with E-state index < -0.39 is 0 Å². The average molecular weight is 341 g/mol. The lowest BCUT2D eigenvalue weighted by Gasteiger charge is -2.17. The molecule has 3 rings (SSSR count). The summed E-state index contributed by atoms with van der Waals surface area (Å²) in [6, 6.07) is 7.86. The van der Waals surface area contributed by atoms with Gasteiger partial charge in [-0.05, 0) is 42.7 Å². The predicted molar refractivity (Wildman–Crippen MR) is 91.5 cm³/mol. The van der Waals surface area contributed by atoms with Crippen LogP contribution in [0.3, 0.4) is 0 Å². The number of nitrogens with one attached hydrogen (secondary N) is 1. The molecule has 1 aliphatic rings. The molecule has 1 aliphatic heterocycles. The van der Waals surface area contributed by atoms with Gasteiger partial charge in [0.05, 0.1) is 11.6 Å². The van der Waals surface area contributed by atoms with Crippen LogP contribution < -0.4 is 5.32 Å². The minimum absolute atomic E-state index is 0.0234. The first-order valence-corrected chi connectivity index (χ1v) is 8.26. The molecule has 1 aromatic heterocycles. The summed E-state index contributed by atoms with van der Waals surface area (Å²) in [6.45, 7) is 2.90. The number of aryl methyl sites for hydroxylation is 1. The van der Waals surface area contributed by atoms with E-state index in [0.29, 0.717) is 31.5 Å². The van der Waals surface area contributed by atoms with Crippen LogP contribution in [-0.2, 0) is 11.2 Å². The molecule has 0 spiro atoms. The highest BCUT2D eigenvalue weighted by molar-refractivity contribution is 5.96. The Morgan fingerprint density at radius 1 is 1.32 bits per heavy atom. The van der Waals surface area contributed by atoms with Crippen molar-refractivity contribution in [2.75, 3.05) is 13.1 Å². The normalized spacial score (nSPS) is 17.0. The molecule has 1 saturated heterocycles. The SMILES string of the molecule is Cc1ccncc1C(=O)N[C@H]1CC(=O)N(CCc2ccc(F)cc2)C1. The molecule has 0 bridgehead atoms. The van der Waals surface area contributed by atoms with Gasteiger partial charge in [0.25, 0.3) is 5.91 Å². The predicted octanol–water partition coefficient (Wildman–Crippen LogP) is 2.10. The molecular formula is C19H20FN3O2. The quantitative estimate of drug-likeness (QED) is 0.906. The maximum atomic E-state index is 12.9. The maximum Gasteiger partial charge on any atom is 0.253 e. The number of hydrogen-bond donors (Lipinski definition) is 1. The van der Waals surface area contributed by atoms with E-state index in [1.807, 2.05) is 6.92 Å². The van der Waals surface area contributed by atoms with E-state index in [1.54, 1.807) is 29.3 Å². The zero-order valence-electron chi connectivity index (χ0n) is 14.0. The lowest BCUT2D eigenvalue weighted by Crippen LogP contribution is -2.37. The van der Waals surface area contributed by atoms with Crippen molar-refractivity contribution in [3.8, 4) is 0 Å². The molecule has 1 aromatic carbocycles. The fourth-order valence-electron chi connectivity index (χ4n) is 2.96. The number of hydrogen-bond acceptors (Lipinski definition) is 3. The Morgan fingerprint density at radius 3 is 2.80 bits per heavy atom. The smallest absolute Gasteiger partial charge is 0.253 e. The second-order valence-corrected chi connectivity index (χ2v) is 6.28. The Kier molecular flexibility index (Phi) is 5.07. The zero-order valence-corrected chi connectivity index (χ0v) is 14.0. The highest BCUT2D eigenvalue weighted by Gasteiger charge is 2.30. The number of halogens is 1. The standard InChI is InChI=1S/C19H20FN3O2/c1-13-6-8-21-11-17(13)19(25)22-16-10-18(24)23(12-16)9-7-14-2-4-15(20)5-3-14/h2-6,8,11,16H,7,9-10,12H2,1H3,(H,22,25)/t16-/m0/s1. The van der Waals surface area contributed by atoms with E-state index in [4.69, 9.17) is 0 Å². The first-order chi connectivity index (χ1) is 12.0. The van der Waals surface area contributed by atoms with Crippen LogP contribution in [0, 0.1) is 12.7 Å². The molecule has 2 heterocycles. The van der Waals surface area contributed by atoms with Crippen LogP contribution in [0.15, 0.2) is 42.7 Å². The van der Waals surface area contributed by atoms with Gasteiger partial charge in [-0.25, -0.2) is 4.39 Å². The van der Waals surface area contributed by atoms with Gasteiger partial charge in [0.15, 0.2) is 0 Å². The first kappa shape index (κ1) is 17.1. The molecule has 0 radical (unpaired) electrons. The Labute approximate surface area is 145 Å². The molecular weight excluding hydrogens is 321 g/mol. The molecule has 25 heavy (non-hydrogen) atoms. The molecule has 2 aromatic rings. The maximum absolute atomic E-state index is 12.9. The number of pyridine rings is 1. The van der Waals surface area contributed by atoms with Crippen molar-refractivity contribution in [2.45, 2.75) is 25.8 Å². The van der Waals surface area contributed by atoms with Crippen LogP contribution >= 0.6 is 0 Å². The van der Waals surface area contributed by atoms with Crippen molar-refractivity contribution in [3.05, 3.63) is 65.2 Å². The van der Waals surface area contributed by atoms with Gasteiger partial charge >= 0.3 is 0 Å². The number of carbonyl (C=O) groups is 2. The molecule has 0 aliphatic carbocycles. The number of rotatable bonds is 5. The fraction of sp³-hybridized carbons (Fsp3) is 0.316. The number of benzene rings is 1. The lowest BCUT2D eigenvalue weighted by molar-refractivity contribution is -0.127. The van der Waals surface area contributed by atoms with E-state index >= 15 is 0 Å². The van der Waals surface area contributed by atoms with E-state index in [2.05, 4.69) is 10.3 Å². The minimum atomic E-state index is -0.269. The molecule has 5 nitrogen and oxygen atoms in total. The summed E-state index contributed by atoms with van der Waals surface area (Å²) in [5, 5.41) is 2.91. The van der Waals surface area contributed by atoms with Gasteiger partial charge < -0.3 is 10.2 Å². The van der Waals surface area contributed by atoms with E-state index in [-0.39, 0.29) is 23.7 Å². The van der Waals surface area contributed by atoms with Crippen LogP contribution in [0.5, 0.6) is 0 Å².